The van der Waals surface area contributed by atoms with Crippen molar-refractivity contribution in [2.45, 2.75) is 13.8 Å². The summed E-state index contributed by atoms with van der Waals surface area (Å²) in [6, 6.07) is 14.7. The van der Waals surface area contributed by atoms with E-state index in [-0.39, 0.29) is 12.5 Å². The maximum atomic E-state index is 11.5. The van der Waals surface area contributed by atoms with Gasteiger partial charge in [-0.3, -0.25) is 9.59 Å². The Bertz CT molecular complexity index is 665. The molecule has 1 amide bonds. The van der Waals surface area contributed by atoms with E-state index in [1.165, 1.54) is 6.92 Å². The summed E-state index contributed by atoms with van der Waals surface area (Å²) >= 11 is 0. The first-order valence-electron chi connectivity index (χ1n) is 6.81. The normalized spacial score (nSPS) is 9.91. The van der Waals surface area contributed by atoms with Gasteiger partial charge in [0.2, 0.25) is 0 Å². The molecule has 0 unspecified atom stereocenters. The summed E-state index contributed by atoms with van der Waals surface area (Å²) in [6.07, 6.45) is 0. The monoisotopic (exact) mass is 299 g/mol. The van der Waals surface area contributed by atoms with Gasteiger partial charge in [-0.2, -0.15) is 0 Å². The molecule has 2 aromatic rings. The highest BCUT2D eigenvalue weighted by Gasteiger charge is 2.05. The molecule has 0 saturated heterocycles. The maximum absolute atomic E-state index is 11.5. The van der Waals surface area contributed by atoms with Crippen molar-refractivity contribution < 1.29 is 19.1 Å². The van der Waals surface area contributed by atoms with E-state index >= 15 is 0 Å². The summed E-state index contributed by atoms with van der Waals surface area (Å²) in [5, 5.41) is 2.63. The molecule has 114 valence electrons. The molecule has 0 aromatic heterocycles. The minimum atomic E-state index is -0.489. The highest BCUT2D eigenvalue weighted by Crippen LogP contribution is 2.23. The van der Waals surface area contributed by atoms with E-state index in [0.717, 1.165) is 11.3 Å². The number of anilines is 1. The lowest BCUT2D eigenvalue weighted by atomic mass is 10.2. The minimum absolute atomic E-state index is 0.295. The topological polar surface area (TPSA) is 64.6 Å². The quantitative estimate of drug-likeness (QED) is 0.860. The first-order valence-corrected chi connectivity index (χ1v) is 6.81. The first-order chi connectivity index (χ1) is 10.5. The van der Waals surface area contributed by atoms with Crippen LogP contribution in [0.1, 0.15) is 12.5 Å². The zero-order chi connectivity index (χ0) is 15.9. The van der Waals surface area contributed by atoms with Crippen molar-refractivity contribution in [3.05, 3.63) is 54.1 Å². The van der Waals surface area contributed by atoms with Crippen LogP contribution in [-0.4, -0.2) is 18.5 Å². The third-order valence-electron chi connectivity index (χ3n) is 2.77. The zero-order valence-corrected chi connectivity index (χ0v) is 12.5. The van der Waals surface area contributed by atoms with Gasteiger partial charge in [-0.05, 0) is 48.9 Å². The SMILES string of the molecule is CC(=O)OCC(=O)Nc1ccc(Oc2cccc(C)c2)cc1. The average Bonchev–Trinajstić information content (AvgIpc) is 2.47. The van der Waals surface area contributed by atoms with E-state index in [0.29, 0.717) is 11.4 Å². The molecule has 0 aliphatic heterocycles. The Morgan fingerprint density at radius 3 is 2.41 bits per heavy atom. The van der Waals surface area contributed by atoms with Crippen LogP contribution in [0.4, 0.5) is 5.69 Å². The summed E-state index contributed by atoms with van der Waals surface area (Å²) < 4.78 is 10.3. The van der Waals surface area contributed by atoms with Crippen molar-refractivity contribution in [3.8, 4) is 11.5 Å². The summed E-state index contributed by atoms with van der Waals surface area (Å²) in [5.74, 6) is 0.551. The van der Waals surface area contributed by atoms with Gasteiger partial charge in [-0.15, -0.1) is 0 Å². The lowest BCUT2D eigenvalue weighted by molar-refractivity contribution is -0.144. The number of hydrogen-bond donors (Lipinski definition) is 1. The van der Waals surface area contributed by atoms with Crippen molar-refractivity contribution >= 4 is 17.6 Å². The van der Waals surface area contributed by atoms with E-state index in [1.54, 1.807) is 24.3 Å². The molecular formula is C17H17NO4. The molecular weight excluding hydrogens is 282 g/mol. The molecule has 0 radical (unpaired) electrons. The van der Waals surface area contributed by atoms with Gasteiger partial charge in [0.15, 0.2) is 6.61 Å². The molecule has 0 aliphatic carbocycles. The van der Waals surface area contributed by atoms with E-state index < -0.39 is 5.97 Å². The third kappa shape index (κ3) is 4.94. The Morgan fingerprint density at radius 2 is 1.77 bits per heavy atom. The molecule has 5 heteroatoms. The van der Waals surface area contributed by atoms with Gasteiger partial charge in [-0.1, -0.05) is 12.1 Å². The van der Waals surface area contributed by atoms with Crippen LogP contribution in [0.2, 0.25) is 0 Å². The van der Waals surface area contributed by atoms with Crippen LogP contribution in [0.15, 0.2) is 48.5 Å². The number of ether oxygens (including phenoxy) is 2. The van der Waals surface area contributed by atoms with Gasteiger partial charge in [0.05, 0.1) is 0 Å². The molecule has 5 nitrogen and oxygen atoms in total. The van der Waals surface area contributed by atoms with Crippen LogP contribution in [0, 0.1) is 6.92 Å². The summed E-state index contributed by atoms with van der Waals surface area (Å²) in [4.78, 5) is 22.1. The predicted molar refractivity (Wildman–Crippen MR) is 83.0 cm³/mol. The second-order valence-electron chi connectivity index (χ2n) is 4.77. The average molecular weight is 299 g/mol. The Kier molecular flexibility index (Phi) is 5.14. The number of esters is 1. The van der Waals surface area contributed by atoms with Gasteiger partial charge < -0.3 is 14.8 Å². The first kappa shape index (κ1) is 15.6. The summed E-state index contributed by atoms with van der Waals surface area (Å²) in [6.45, 7) is 2.95. The fraction of sp³-hybridized carbons (Fsp3) is 0.176. The Labute approximate surface area is 128 Å². The van der Waals surface area contributed by atoms with E-state index in [1.807, 2.05) is 31.2 Å². The third-order valence-corrected chi connectivity index (χ3v) is 2.77. The van der Waals surface area contributed by atoms with Gasteiger partial charge in [0.1, 0.15) is 11.5 Å². The molecule has 0 atom stereocenters. The number of carbonyl (C=O) groups is 2. The molecule has 0 fully saturated rings. The van der Waals surface area contributed by atoms with E-state index in [2.05, 4.69) is 10.1 Å². The van der Waals surface area contributed by atoms with Crippen molar-refractivity contribution in [2.75, 3.05) is 11.9 Å². The summed E-state index contributed by atoms with van der Waals surface area (Å²) in [7, 11) is 0. The molecule has 0 spiro atoms. The number of nitrogens with one attached hydrogen (secondary N) is 1. The Morgan fingerprint density at radius 1 is 1.05 bits per heavy atom. The number of aryl methyl sites for hydroxylation is 1. The van der Waals surface area contributed by atoms with Gasteiger partial charge in [0, 0.05) is 12.6 Å². The Hall–Kier alpha value is -2.82. The smallest absolute Gasteiger partial charge is 0.303 e. The number of carbonyl (C=O) groups excluding carboxylic acids is 2. The van der Waals surface area contributed by atoms with Gasteiger partial charge in [-0.25, -0.2) is 0 Å². The molecule has 0 heterocycles. The number of rotatable bonds is 5. The number of amides is 1. The largest absolute Gasteiger partial charge is 0.457 e. The van der Waals surface area contributed by atoms with Crippen LogP contribution in [0.3, 0.4) is 0 Å². The minimum Gasteiger partial charge on any atom is -0.457 e. The summed E-state index contributed by atoms with van der Waals surface area (Å²) in [5.41, 5.74) is 1.72. The maximum Gasteiger partial charge on any atom is 0.303 e. The standard InChI is InChI=1S/C17H17NO4/c1-12-4-3-5-16(10-12)22-15-8-6-14(7-9-15)18-17(20)11-21-13(2)19/h3-10H,11H2,1-2H3,(H,18,20). The fourth-order valence-electron chi connectivity index (χ4n) is 1.79. The second-order valence-corrected chi connectivity index (χ2v) is 4.77. The number of hydrogen-bond acceptors (Lipinski definition) is 4. The van der Waals surface area contributed by atoms with Crippen LogP contribution in [0.5, 0.6) is 11.5 Å². The molecule has 2 rings (SSSR count). The highest BCUT2D eigenvalue weighted by molar-refractivity contribution is 5.92. The van der Waals surface area contributed by atoms with Crippen molar-refractivity contribution in [1.29, 1.82) is 0 Å². The molecule has 22 heavy (non-hydrogen) atoms. The predicted octanol–water partition coefficient (Wildman–Crippen LogP) is 3.29. The molecule has 0 bridgehead atoms. The van der Waals surface area contributed by atoms with Crippen molar-refractivity contribution in [1.82, 2.24) is 0 Å². The van der Waals surface area contributed by atoms with Gasteiger partial charge in [0.25, 0.3) is 5.91 Å². The second kappa shape index (κ2) is 7.26. The molecule has 0 saturated carbocycles. The molecule has 2 aromatic carbocycles. The Balaban J connectivity index is 1.92. The lowest BCUT2D eigenvalue weighted by Gasteiger charge is -2.08. The van der Waals surface area contributed by atoms with Crippen molar-refractivity contribution in [3.63, 3.8) is 0 Å². The zero-order valence-electron chi connectivity index (χ0n) is 12.5. The van der Waals surface area contributed by atoms with Crippen LogP contribution in [-0.2, 0) is 14.3 Å². The van der Waals surface area contributed by atoms with Crippen LogP contribution in [0.25, 0.3) is 0 Å². The van der Waals surface area contributed by atoms with Gasteiger partial charge >= 0.3 is 5.97 Å². The molecule has 1 N–H and O–H groups in total. The molecule has 0 aliphatic rings. The van der Waals surface area contributed by atoms with E-state index in [4.69, 9.17) is 4.74 Å². The van der Waals surface area contributed by atoms with E-state index in [9.17, 15) is 9.59 Å². The lowest BCUT2D eigenvalue weighted by Crippen LogP contribution is -2.19. The highest BCUT2D eigenvalue weighted by atomic mass is 16.5. The van der Waals surface area contributed by atoms with Crippen LogP contribution < -0.4 is 10.1 Å². The van der Waals surface area contributed by atoms with Crippen molar-refractivity contribution in [2.24, 2.45) is 0 Å². The fourth-order valence-corrected chi connectivity index (χ4v) is 1.79. The number of benzene rings is 2. The van der Waals surface area contributed by atoms with Crippen LogP contribution >= 0.6 is 0 Å².